The minimum absolute atomic E-state index is 0.751. The number of aromatic nitrogens is 2. The molecule has 0 unspecified atom stereocenters. The lowest BCUT2D eigenvalue weighted by Gasteiger charge is -2.29. The number of aryl methyl sites for hydroxylation is 1. The molecule has 0 amide bonds. The molecule has 0 spiro atoms. The second-order valence-corrected chi connectivity index (χ2v) is 5.28. The molecule has 20 heavy (non-hydrogen) atoms. The number of aromatic amines is 1. The van der Waals surface area contributed by atoms with Crippen LogP contribution in [0.1, 0.15) is 12.6 Å². The third kappa shape index (κ3) is 2.51. The summed E-state index contributed by atoms with van der Waals surface area (Å²) < 4.78 is 8.23. The predicted octanol–water partition coefficient (Wildman–Crippen LogP) is 2.93. The second kappa shape index (κ2) is 5.81. The van der Waals surface area contributed by atoms with Crippen LogP contribution in [0.5, 0.6) is 0 Å². The van der Waals surface area contributed by atoms with E-state index in [2.05, 4.69) is 45.6 Å². The van der Waals surface area contributed by atoms with E-state index in [0.29, 0.717) is 0 Å². The summed E-state index contributed by atoms with van der Waals surface area (Å²) in [5.41, 5.74) is 3.57. The Hall–Kier alpha value is -1.59. The Morgan fingerprint density at radius 1 is 1.15 bits per heavy atom. The first-order valence-electron chi connectivity index (χ1n) is 7.02. The van der Waals surface area contributed by atoms with Gasteiger partial charge in [-0.1, -0.05) is 6.92 Å². The van der Waals surface area contributed by atoms with Crippen LogP contribution in [0.3, 0.4) is 0 Å². The Morgan fingerprint density at radius 2 is 1.80 bits per heavy atom. The Balaban J connectivity index is 1.89. The molecule has 1 fully saturated rings. The number of nitrogens with zero attached hydrogens (tertiary/aromatic N) is 2. The molecule has 0 atom stereocenters. The van der Waals surface area contributed by atoms with E-state index in [4.69, 9.17) is 17.0 Å². The van der Waals surface area contributed by atoms with Gasteiger partial charge < -0.3 is 14.6 Å². The number of imidazole rings is 1. The fourth-order valence-corrected chi connectivity index (χ4v) is 2.86. The van der Waals surface area contributed by atoms with Crippen LogP contribution in [0.4, 0.5) is 5.69 Å². The molecule has 1 aliphatic rings. The first-order chi connectivity index (χ1) is 9.79. The van der Waals surface area contributed by atoms with Crippen molar-refractivity contribution in [1.29, 1.82) is 0 Å². The standard InChI is InChI=1S/C15H19N3OS/c1-2-12-11-16-15(20)18(12)14-5-3-13(4-6-14)17-7-9-19-10-8-17/h3-6,11H,2,7-10H2,1H3,(H,16,20). The molecule has 4 nitrogen and oxygen atoms in total. The van der Waals surface area contributed by atoms with Gasteiger partial charge in [0.1, 0.15) is 0 Å². The Labute approximate surface area is 124 Å². The molecule has 5 heteroatoms. The number of hydrogen-bond acceptors (Lipinski definition) is 3. The molecule has 2 heterocycles. The van der Waals surface area contributed by atoms with Crippen molar-refractivity contribution in [3.8, 4) is 5.69 Å². The topological polar surface area (TPSA) is 33.2 Å². The molecular formula is C15H19N3OS. The third-order valence-electron chi connectivity index (χ3n) is 3.70. The van der Waals surface area contributed by atoms with Crippen molar-refractivity contribution in [2.24, 2.45) is 0 Å². The van der Waals surface area contributed by atoms with E-state index in [1.165, 1.54) is 11.4 Å². The Kier molecular flexibility index (Phi) is 3.89. The average Bonchev–Trinajstić information content (AvgIpc) is 2.89. The van der Waals surface area contributed by atoms with Gasteiger partial charge in [-0.15, -0.1) is 0 Å². The number of benzene rings is 1. The van der Waals surface area contributed by atoms with Crippen molar-refractivity contribution in [3.63, 3.8) is 0 Å². The van der Waals surface area contributed by atoms with E-state index in [9.17, 15) is 0 Å². The summed E-state index contributed by atoms with van der Waals surface area (Å²) in [5.74, 6) is 0. The molecule has 0 bridgehead atoms. The summed E-state index contributed by atoms with van der Waals surface area (Å²) in [6.07, 6.45) is 2.94. The van der Waals surface area contributed by atoms with Gasteiger partial charge in [0.05, 0.1) is 13.2 Å². The molecule has 1 aromatic heterocycles. The normalized spacial score (nSPS) is 15.6. The van der Waals surface area contributed by atoms with Gasteiger partial charge in [-0.3, -0.25) is 4.57 Å². The van der Waals surface area contributed by atoms with Crippen molar-refractivity contribution in [2.75, 3.05) is 31.2 Å². The lowest BCUT2D eigenvalue weighted by Crippen LogP contribution is -2.36. The SMILES string of the molecule is CCc1c[nH]c(=S)n1-c1ccc(N2CCOCC2)cc1. The van der Waals surface area contributed by atoms with Crippen LogP contribution in [-0.2, 0) is 11.2 Å². The smallest absolute Gasteiger partial charge is 0.182 e. The molecule has 1 aliphatic heterocycles. The lowest BCUT2D eigenvalue weighted by molar-refractivity contribution is 0.122. The van der Waals surface area contributed by atoms with Crippen LogP contribution in [0.15, 0.2) is 30.5 Å². The van der Waals surface area contributed by atoms with Crippen molar-refractivity contribution in [3.05, 3.63) is 40.9 Å². The largest absolute Gasteiger partial charge is 0.378 e. The van der Waals surface area contributed by atoms with E-state index >= 15 is 0 Å². The average molecular weight is 289 g/mol. The zero-order valence-electron chi connectivity index (χ0n) is 11.6. The maximum atomic E-state index is 5.39. The molecule has 0 radical (unpaired) electrons. The molecule has 106 valence electrons. The monoisotopic (exact) mass is 289 g/mol. The van der Waals surface area contributed by atoms with Crippen LogP contribution >= 0.6 is 12.2 Å². The fraction of sp³-hybridized carbons (Fsp3) is 0.400. The number of hydrogen-bond donors (Lipinski definition) is 1. The van der Waals surface area contributed by atoms with E-state index in [1.54, 1.807) is 0 Å². The van der Waals surface area contributed by atoms with Crippen molar-refractivity contribution in [2.45, 2.75) is 13.3 Å². The zero-order chi connectivity index (χ0) is 13.9. The third-order valence-corrected chi connectivity index (χ3v) is 4.00. The van der Waals surface area contributed by atoms with Gasteiger partial charge in [0.15, 0.2) is 4.77 Å². The lowest BCUT2D eigenvalue weighted by atomic mass is 10.2. The highest BCUT2D eigenvalue weighted by atomic mass is 32.1. The number of nitrogens with one attached hydrogen (secondary N) is 1. The molecule has 1 N–H and O–H groups in total. The van der Waals surface area contributed by atoms with Crippen molar-refractivity contribution < 1.29 is 4.74 Å². The molecular weight excluding hydrogens is 270 g/mol. The number of morpholine rings is 1. The zero-order valence-corrected chi connectivity index (χ0v) is 12.4. The predicted molar refractivity (Wildman–Crippen MR) is 83.4 cm³/mol. The molecule has 2 aromatic rings. The first-order valence-corrected chi connectivity index (χ1v) is 7.43. The highest BCUT2D eigenvalue weighted by molar-refractivity contribution is 7.71. The summed E-state index contributed by atoms with van der Waals surface area (Å²) in [5, 5.41) is 0. The van der Waals surface area contributed by atoms with Gasteiger partial charge in [-0.25, -0.2) is 0 Å². The van der Waals surface area contributed by atoms with Crippen LogP contribution in [0.25, 0.3) is 5.69 Å². The number of H-pyrrole nitrogens is 1. The molecule has 1 aromatic carbocycles. The highest BCUT2D eigenvalue weighted by Gasteiger charge is 2.11. The summed E-state index contributed by atoms with van der Waals surface area (Å²) in [6.45, 7) is 5.68. The van der Waals surface area contributed by atoms with Gasteiger partial charge in [0, 0.05) is 36.4 Å². The minimum Gasteiger partial charge on any atom is -0.378 e. The van der Waals surface area contributed by atoms with E-state index in [0.717, 1.165) is 43.2 Å². The second-order valence-electron chi connectivity index (χ2n) is 4.89. The molecule has 1 saturated heterocycles. The minimum atomic E-state index is 0.751. The van der Waals surface area contributed by atoms with Crippen LogP contribution in [0.2, 0.25) is 0 Å². The quantitative estimate of drug-likeness (QED) is 0.882. The Morgan fingerprint density at radius 3 is 2.45 bits per heavy atom. The Bertz CT molecular complexity index is 623. The van der Waals surface area contributed by atoms with Gasteiger partial charge >= 0.3 is 0 Å². The highest BCUT2D eigenvalue weighted by Crippen LogP contribution is 2.20. The van der Waals surface area contributed by atoms with Crippen LogP contribution < -0.4 is 4.90 Å². The van der Waals surface area contributed by atoms with Gasteiger partial charge in [-0.05, 0) is 42.9 Å². The van der Waals surface area contributed by atoms with E-state index < -0.39 is 0 Å². The summed E-state index contributed by atoms with van der Waals surface area (Å²) in [7, 11) is 0. The summed E-state index contributed by atoms with van der Waals surface area (Å²) in [4.78, 5) is 5.47. The van der Waals surface area contributed by atoms with Crippen LogP contribution in [0, 0.1) is 4.77 Å². The molecule has 3 rings (SSSR count). The van der Waals surface area contributed by atoms with E-state index in [-0.39, 0.29) is 0 Å². The fourth-order valence-electron chi connectivity index (χ4n) is 2.58. The van der Waals surface area contributed by atoms with Crippen molar-refractivity contribution >= 4 is 17.9 Å². The summed E-state index contributed by atoms with van der Waals surface area (Å²) >= 11 is 5.36. The maximum absolute atomic E-state index is 5.39. The molecule has 0 aliphatic carbocycles. The first kappa shape index (κ1) is 13.4. The van der Waals surface area contributed by atoms with Gasteiger partial charge in [0.25, 0.3) is 0 Å². The van der Waals surface area contributed by atoms with Crippen molar-refractivity contribution in [1.82, 2.24) is 9.55 Å². The van der Waals surface area contributed by atoms with Gasteiger partial charge in [0.2, 0.25) is 0 Å². The molecule has 0 saturated carbocycles. The number of ether oxygens (including phenoxy) is 1. The maximum Gasteiger partial charge on any atom is 0.182 e. The number of anilines is 1. The van der Waals surface area contributed by atoms with Gasteiger partial charge in [-0.2, -0.15) is 0 Å². The van der Waals surface area contributed by atoms with E-state index in [1.807, 2.05) is 6.20 Å². The number of rotatable bonds is 3. The van der Waals surface area contributed by atoms with Crippen LogP contribution in [-0.4, -0.2) is 35.9 Å². The summed E-state index contributed by atoms with van der Waals surface area (Å²) in [6, 6.07) is 8.59.